The SMILES string of the molecule is CCOCCNCCn1c(C)nc2c1CCCC2. The van der Waals surface area contributed by atoms with Gasteiger partial charge in [0.15, 0.2) is 0 Å². The lowest BCUT2D eigenvalue weighted by Gasteiger charge is -2.15. The summed E-state index contributed by atoms with van der Waals surface area (Å²) in [5.74, 6) is 1.17. The number of fused-ring (bicyclic) bond motifs is 1. The maximum atomic E-state index is 5.30. The topological polar surface area (TPSA) is 39.1 Å². The number of hydrogen-bond acceptors (Lipinski definition) is 3. The summed E-state index contributed by atoms with van der Waals surface area (Å²) in [7, 11) is 0. The molecule has 2 rings (SSSR count). The number of ether oxygens (including phenoxy) is 1. The fourth-order valence-electron chi connectivity index (χ4n) is 2.64. The summed E-state index contributed by atoms with van der Waals surface area (Å²) in [5, 5.41) is 3.42. The van der Waals surface area contributed by atoms with Crippen LogP contribution >= 0.6 is 0 Å². The summed E-state index contributed by atoms with van der Waals surface area (Å²) in [4.78, 5) is 4.69. The van der Waals surface area contributed by atoms with Crippen molar-refractivity contribution >= 4 is 0 Å². The minimum Gasteiger partial charge on any atom is -0.380 e. The summed E-state index contributed by atoms with van der Waals surface area (Å²) in [6.07, 6.45) is 4.99. The number of rotatable bonds is 7. The standard InChI is InChI=1S/C14H25N3O/c1-3-18-11-9-15-8-10-17-12(2)16-13-6-4-5-7-14(13)17/h15H,3-11H2,1-2H3. The third-order valence-corrected chi connectivity index (χ3v) is 3.56. The Balaban J connectivity index is 1.80. The van der Waals surface area contributed by atoms with Crippen LogP contribution in [0.1, 0.15) is 37.0 Å². The first kappa shape index (κ1) is 13.6. The quantitative estimate of drug-likeness (QED) is 0.750. The van der Waals surface area contributed by atoms with Crippen molar-refractivity contribution in [2.24, 2.45) is 0 Å². The van der Waals surface area contributed by atoms with Gasteiger partial charge in [0.05, 0.1) is 12.3 Å². The molecule has 0 aromatic carbocycles. The maximum Gasteiger partial charge on any atom is 0.106 e. The van der Waals surface area contributed by atoms with E-state index in [0.29, 0.717) is 0 Å². The zero-order chi connectivity index (χ0) is 12.8. The Bertz CT molecular complexity index is 373. The Hall–Kier alpha value is -0.870. The Labute approximate surface area is 110 Å². The van der Waals surface area contributed by atoms with E-state index in [1.165, 1.54) is 42.9 Å². The third kappa shape index (κ3) is 3.33. The summed E-state index contributed by atoms with van der Waals surface area (Å²) >= 11 is 0. The minimum absolute atomic E-state index is 0.801. The minimum atomic E-state index is 0.801. The van der Waals surface area contributed by atoms with E-state index in [9.17, 15) is 0 Å². The first-order valence-electron chi connectivity index (χ1n) is 7.16. The molecular weight excluding hydrogens is 226 g/mol. The van der Waals surface area contributed by atoms with Crippen LogP contribution in [0.2, 0.25) is 0 Å². The van der Waals surface area contributed by atoms with E-state index in [4.69, 9.17) is 4.74 Å². The summed E-state index contributed by atoms with van der Waals surface area (Å²) in [6.45, 7) is 8.72. The van der Waals surface area contributed by atoms with Gasteiger partial charge >= 0.3 is 0 Å². The van der Waals surface area contributed by atoms with Crippen LogP contribution in [0.5, 0.6) is 0 Å². The Morgan fingerprint density at radius 2 is 2.11 bits per heavy atom. The molecule has 0 bridgehead atoms. The van der Waals surface area contributed by atoms with E-state index in [1.54, 1.807) is 0 Å². The molecule has 0 aliphatic heterocycles. The highest BCUT2D eigenvalue weighted by Gasteiger charge is 2.17. The van der Waals surface area contributed by atoms with Gasteiger partial charge in [-0.25, -0.2) is 4.98 Å². The number of aromatic nitrogens is 2. The molecule has 0 unspecified atom stereocenters. The van der Waals surface area contributed by atoms with Gasteiger partial charge < -0.3 is 14.6 Å². The van der Waals surface area contributed by atoms with Crippen molar-refractivity contribution in [2.45, 2.75) is 46.1 Å². The van der Waals surface area contributed by atoms with Gasteiger partial charge in [-0.05, 0) is 39.5 Å². The fourth-order valence-corrected chi connectivity index (χ4v) is 2.64. The second kappa shape index (κ2) is 6.90. The fraction of sp³-hybridized carbons (Fsp3) is 0.786. The molecule has 1 aliphatic rings. The second-order valence-corrected chi connectivity index (χ2v) is 4.86. The lowest BCUT2D eigenvalue weighted by molar-refractivity contribution is 0.149. The van der Waals surface area contributed by atoms with Crippen molar-refractivity contribution in [3.8, 4) is 0 Å². The van der Waals surface area contributed by atoms with Crippen LogP contribution in [0.3, 0.4) is 0 Å². The number of nitrogens with one attached hydrogen (secondary N) is 1. The smallest absolute Gasteiger partial charge is 0.106 e. The van der Waals surface area contributed by atoms with Crippen molar-refractivity contribution < 1.29 is 4.74 Å². The van der Waals surface area contributed by atoms with Crippen LogP contribution in [0.15, 0.2) is 0 Å². The van der Waals surface area contributed by atoms with Crippen LogP contribution in [-0.4, -0.2) is 35.9 Å². The normalized spacial score (nSPS) is 14.8. The zero-order valence-corrected chi connectivity index (χ0v) is 11.7. The van der Waals surface area contributed by atoms with Crippen LogP contribution in [0.4, 0.5) is 0 Å². The van der Waals surface area contributed by atoms with Crippen molar-refractivity contribution in [3.63, 3.8) is 0 Å². The first-order valence-corrected chi connectivity index (χ1v) is 7.16. The van der Waals surface area contributed by atoms with Crippen molar-refractivity contribution in [1.29, 1.82) is 0 Å². The molecule has 102 valence electrons. The first-order chi connectivity index (χ1) is 8.83. The number of aryl methyl sites for hydroxylation is 2. The van der Waals surface area contributed by atoms with E-state index in [0.717, 1.165) is 32.8 Å². The van der Waals surface area contributed by atoms with Crippen LogP contribution in [0, 0.1) is 6.92 Å². The molecule has 4 nitrogen and oxygen atoms in total. The van der Waals surface area contributed by atoms with Crippen LogP contribution in [0.25, 0.3) is 0 Å². The molecule has 0 saturated heterocycles. The number of hydrogen-bond donors (Lipinski definition) is 1. The van der Waals surface area contributed by atoms with Gasteiger partial charge in [0, 0.05) is 31.9 Å². The molecule has 1 heterocycles. The molecule has 18 heavy (non-hydrogen) atoms. The van der Waals surface area contributed by atoms with Gasteiger partial charge in [0.1, 0.15) is 5.82 Å². The Kier molecular flexibility index (Phi) is 5.20. The molecule has 4 heteroatoms. The van der Waals surface area contributed by atoms with Gasteiger partial charge in [0.25, 0.3) is 0 Å². The van der Waals surface area contributed by atoms with E-state index >= 15 is 0 Å². The largest absolute Gasteiger partial charge is 0.380 e. The third-order valence-electron chi connectivity index (χ3n) is 3.56. The zero-order valence-electron chi connectivity index (χ0n) is 11.7. The molecule has 0 atom stereocenters. The summed E-state index contributed by atoms with van der Waals surface area (Å²) < 4.78 is 7.69. The van der Waals surface area contributed by atoms with Crippen molar-refractivity contribution in [3.05, 3.63) is 17.2 Å². The average Bonchev–Trinajstić information content (AvgIpc) is 2.70. The highest BCUT2D eigenvalue weighted by molar-refractivity contribution is 5.19. The lowest BCUT2D eigenvalue weighted by Crippen LogP contribution is -2.25. The molecule has 1 aromatic rings. The predicted molar refractivity (Wildman–Crippen MR) is 73.0 cm³/mol. The Morgan fingerprint density at radius 3 is 2.94 bits per heavy atom. The molecule has 0 fully saturated rings. The molecule has 1 N–H and O–H groups in total. The monoisotopic (exact) mass is 251 g/mol. The highest BCUT2D eigenvalue weighted by Crippen LogP contribution is 2.21. The summed E-state index contributed by atoms with van der Waals surface area (Å²) in [6, 6.07) is 0. The predicted octanol–water partition coefficient (Wildman–Crippen LogP) is 1.70. The lowest BCUT2D eigenvalue weighted by atomic mass is 10.0. The van der Waals surface area contributed by atoms with E-state index in [-0.39, 0.29) is 0 Å². The van der Waals surface area contributed by atoms with Gasteiger partial charge in [-0.3, -0.25) is 0 Å². The Morgan fingerprint density at radius 1 is 1.28 bits per heavy atom. The molecule has 1 aromatic heterocycles. The van der Waals surface area contributed by atoms with E-state index < -0.39 is 0 Å². The molecule has 0 amide bonds. The highest BCUT2D eigenvalue weighted by atomic mass is 16.5. The summed E-state index contributed by atoms with van der Waals surface area (Å²) in [5.41, 5.74) is 2.82. The molecule has 0 saturated carbocycles. The number of nitrogens with zero attached hydrogens (tertiary/aromatic N) is 2. The van der Waals surface area contributed by atoms with Crippen LogP contribution in [-0.2, 0) is 24.1 Å². The molecule has 1 aliphatic carbocycles. The van der Waals surface area contributed by atoms with E-state index in [1.807, 2.05) is 6.92 Å². The average molecular weight is 251 g/mol. The molecular formula is C14H25N3O. The molecule has 0 spiro atoms. The van der Waals surface area contributed by atoms with Crippen LogP contribution < -0.4 is 5.32 Å². The van der Waals surface area contributed by atoms with E-state index in [2.05, 4.69) is 21.8 Å². The van der Waals surface area contributed by atoms with Gasteiger partial charge in [-0.1, -0.05) is 0 Å². The number of imidazole rings is 1. The van der Waals surface area contributed by atoms with Crippen molar-refractivity contribution in [2.75, 3.05) is 26.3 Å². The van der Waals surface area contributed by atoms with Gasteiger partial charge in [-0.15, -0.1) is 0 Å². The molecule has 0 radical (unpaired) electrons. The van der Waals surface area contributed by atoms with Gasteiger partial charge in [0.2, 0.25) is 0 Å². The van der Waals surface area contributed by atoms with Gasteiger partial charge in [-0.2, -0.15) is 0 Å². The second-order valence-electron chi connectivity index (χ2n) is 4.86. The van der Waals surface area contributed by atoms with Crippen molar-refractivity contribution in [1.82, 2.24) is 14.9 Å². The maximum absolute atomic E-state index is 5.30.